The molecule has 3 rings (SSSR count). The molecule has 5 heteroatoms. The van der Waals surface area contributed by atoms with Crippen molar-refractivity contribution in [2.75, 3.05) is 13.1 Å². The average Bonchev–Trinajstić information content (AvgIpc) is 2.94. The van der Waals surface area contributed by atoms with Crippen LogP contribution >= 0.6 is 0 Å². The van der Waals surface area contributed by atoms with Crippen LogP contribution in [0.3, 0.4) is 0 Å². The van der Waals surface area contributed by atoms with E-state index in [4.69, 9.17) is 5.11 Å². The Morgan fingerprint density at radius 2 is 2.05 bits per heavy atom. The minimum atomic E-state index is -0.670. The van der Waals surface area contributed by atoms with Crippen molar-refractivity contribution in [1.82, 2.24) is 9.80 Å². The zero-order chi connectivity index (χ0) is 13.6. The Balaban J connectivity index is 1.70. The molecule has 1 amide bonds. The van der Waals surface area contributed by atoms with Crippen LogP contribution in [0, 0.1) is 5.92 Å². The summed E-state index contributed by atoms with van der Waals surface area (Å²) in [6.45, 7) is 3.84. The largest absolute Gasteiger partial charge is 0.481 e. The van der Waals surface area contributed by atoms with Crippen LogP contribution in [-0.2, 0) is 9.59 Å². The minimum absolute atomic E-state index is 0.206. The lowest BCUT2D eigenvalue weighted by Crippen LogP contribution is -2.51. The molecule has 0 radical (unpaired) electrons. The molecule has 5 nitrogen and oxygen atoms in total. The molecular formula is C14H22N2O3. The third-order valence-electron chi connectivity index (χ3n) is 5.15. The smallest absolute Gasteiger partial charge is 0.306 e. The standard InChI is InChI=1S/C14H22N2O3/c1-9-7-10(14(18)19)4-6-15(9)12-8-13(17)16-5-2-3-11(12)16/h9-12H,2-8H2,1H3,(H,18,19). The summed E-state index contributed by atoms with van der Waals surface area (Å²) in [5.74, 6) is -0.584. The van der Waals surface area contributed by atoms with E-state index in [9.17, 15) is 9.59 Å². The first-order chi connectivity index (χ1) is 9.08. The monoisotopic (exact) mass is 266 g/mol. The summed E-state index contributed by atoms with van der Waals surface area (Å²) in [6.07, 6.45) is 4.30. The molecule has 3 heterocycles. The lowest BCUT2D eigenvalue weighted by molar-refractivity contribution is -0.144. The molecule has 106 valence electrons. The van der Waals surface area contributed by atoms with Crippen LogP contribution in [0.1, 0.15) is 39.0 Å². The van der Waals surface area contributed by atoms with Gasteiger partial charge in [0, 0.05) is 31.1 Å². The fourth-order valence-electron chi connectivity index (χ4n) is 4.18. The van der Waals surface area contributed by atoms with Crippen LogP contribution in [0.15, 0.2) is 0 Å². The molecule has 0 saturated carbocycles. The van der Waals surface area contributed by atoms with Gasteiger partial charge in [-0.15, -0.1) is 0 Å². The summed E-state index contributed by atoms with van der Waals surface area (Å²) in [4.78, 5) is 27.5. The third-order valence-corrected chi connectivity index (χ3v) is 5.15. The number of carboxylic acids is 1. The average molecular weight is 266 g/mol. The van der Waals surface area contributed by atoms with Gasteiger partial charge in [0.1, 0.15) is 0 Å². The second kappa shape index (κ2) is 4.78. The number of carbonyl (C=O) groups is 2. The summed E-state index contributed by atoms with van der Waals surface area (Å²) >= 11 is 0. The first-order valence-corrected chi connectivity index (χ1v) is 7.36. The maximum atomic E-state index is 12.0. The molecule has 1 N–H and O–H groups in total. The van der Waals surface area contributed by atoms with Gasteiger partial charge in [-0.1, -0.05) is 0 Å². The van der Waals surface area contributed by atoms with E-state index < -0.39 is 5.97 Å². The normalized spacial score (nSPS) is 39.6. The van der Waals surface area contributed by atoms with Crippen molar-refractivity contribution in [1.29, 1.82) is 0 Å². The van der Waals surface area contributed by atoms with Gasteiger partial charge in [0.15, 0.2) is 0 Å². The first kappa shape index (κ1) is 12.9. The maximum absolute atomic E-state index is 12.0. The molecule has 3 saturated heterocycles. The Bertz CT molecular complexity index is 398. The van der Waals surface area contributed by atoms with Crippen LogP contribution < -0.4 is 0 Å². The van der Waals surface area contributed by atoms with E-state index in [1.54, 1.807) is 0 Å². The third kappa shape index (κ3) is 2.14. The topological polar surface area (TPSA) is 60.9 Å². The molecule has 19 heavy (non-hydrogen) atoms. The molecule has 3 aliphatic rings. The predicted octanol–water partition coefficient (Wildman–Crippen LogP) is 0.935. The number of rotatable bonds is 2. The predicted molar refractivity (Wildman–Crippen MR) is 69.7 cm³/mol. The molecule has 0 aromatic carbocycles. The van der Waals surface area contributed by atoms with Gasteiger partial charge in [0.2, 0.25) is 5.91 Å². The van der Waals surface area contributed by atoms with Crippen LogP contribution in [0.4, 0.5) is 0 Å². The molecule has 0 spiro atoms. The number of aliphatic carboxylic acids is 1. The Morgan fingerprint density at radius 1 is 1.26 bits per heavy atom. The van der Waals surface area contributed by atoms with Crippen LogP contribution in [0.5, 0.6) is 0 Å². The van der Waals surface area contributed by atoms with Gasteiger partial charge < -0.3 is 10.0 Å². The highest BCUT2D eigenvalue weighted by molar-refractivity contribution is 5.80. The lowest BCUT2D eigenvalue weighted by atomic mass is 9.89. The summed E-state index contributed by atoms with van der Waals surface area (Å²) in [5.41, 5.74) is 0. The van der Waals surface area contributed by atoms with Crippen LogP contribution in [0.2, 0.25) is 0 Å². The zero-order valence-corrected chi connectivity index (χ0v) is 11.4. The molecular weight excluding hydrogens is 244 g/mol. The van der Waals surface area contributed by atoms with E-state index >= 15 is 0 Å². The molecule has 0 aromatic heterocycles. The van der Waals surface area contributed by atoms with Crippen LogP contribution in [-0.4, -0.2) is 58.0 Å². The van der Waals surface area contributed by atoms with Gasteiger partial charge in [-0.2, -0.15) is 0 Å². The number of hydrogen-bond donors (Lipinski definition) is 1. The van der Waals surface area contributed by atoms with E-state index in [2.05, 4.69) is 11.8 Å². The summed E-state index contributed by atoms with van der Waals surface area (Å²) in [7, 11) is 0. The van der Waals surface area contributed by atoms with Crippen molar-refractivity contribution in [3.05, 3.63) is 0 Å². The number of likely N-dealkylation sites (tertiary alicyclic amines) is 1. The van der Waals surface area contributed by atoms with Crippen molar-refractivity contribution in [3.8, 4) is 0 Å². The molecule has 3 aliphatic heterocycles. The molecule has 0 aromatic rings. The number of fused-ring (bicyclic) bond motifs is 1. The van der Waals surface area contributed by atoms with Gasteiger partial charge in [0.25, 0.3) is 0 Å². The fraction of sp³-hybridized carbons (Fsp3) is 0.857. The molecule has 4 atom stereocenters. The zero-order valence-electron chi connectivity index (χ0n) is 11.4. The number of nitrogens with zero attached hydrogens (tertiary/aromatic N) is 2. The number of piperidine rings is 1. The highest BCUT2D eigenvalue weighted by atomic mass is 16.4. The van der Waals surface area contributed by atoms with Crippen molar-refractivity contribution in [3.63, 3.8) is 0 Å². The van der Waals surface area contributed by atoms with E-state index in [0.717, 1.165) is 32.4 Å². The van der Waals surface area contributed by atoms with Crippen molar-refractivity contribution in [2.45, 2.75) is 57.2 Å². The second-order valence-electron chi connectivity index (χ2n) is 6.21. The van der Waals surface area contributed by atoms with Gasteiger partial charge in [-0.3, -0.25) is 14.5 Å². The highest BCUT2D eigenvalue weighted by Gasteiger charge is 2.47. The van der Waals surface area contributed by atoms with Crippen molar-refractivity contribution >= 4 is 11.9 Å². The Morgan fingerprint density at radius 3 is 2.74 bits per heavy atom. The fourth-order valence-corrected chi connectivity index (χ4v) is 4.18. The van der Waals surface area contributed by atoms with Gasteiger partial charge in [-0.05, 0) is 39.2 Å². The molecule has 0 aliphatic carbocycles. The van der Waals surface area contributed by atoms with Gasteiger partial charge in [0.05, 0.1) is 5.92 Å². The van der Waals surface area contributed by atoms with E-state index in [-0.39, 0.29) is 12.0 Å². The first-order valence-electron chi connectivity index (χ1n) is 7.36. The molecule has 4 unspecified atom stereocenters. The Labute approximate surface area is 113 Å². The summed E-state index contributed by atoms with van der Waals surface area (Å²) < 4.78 is 0. The lowest BCUT2D eigenvalue weighted by Gasteiger charge is -2.41. The number of amides is 1. The Kier molecular flexibility index (Phi) is 3.25. The SMILES string of the molecule is CC1CC(C(=O)O)CCN1C1CC(=O)N2CCCC12. The van der Waals surface area contributed by atoms with Gasteiger partial charge in [-0.25, -0.2) is 0 Å². The minimum Gasteiger partial charge on any atom is -0.481 e. The molecule has 0 bridgehead atoms. The molecule has 3 fully saturated rings. The second-order valence-corrected chi connectivity index (χ2v) is 6.21. The van der Waals surface area contributed by atoms with E-state index in [1.807, 2.05) is 4.90 Å². The van der Waals surface area contributed by atoms with Crippen molar-refractivity contribution < 1.29 is 14.7 Å². The number of hydrogen-bond acceptors (Lipinski definition) is 3. The maximum Gasteiger partial charge on any atom is 0.306 e. The quantitative estimate of drug-likeness (QED) is 0.808. The highest BCUT2D eigenvalue weighted by Crippen LogP contribution is 2.36. The summed E-state index contributed by atoms with van der Waals surface area (Å²) in [5, 5.41) is 9.12. The Hall–Kier alpha value is -1.10. The number of carboxylic acid groups (broad SMARTS) is 1. The summed E-state index contributed by atoms with van der Waals surface area (Å²) in [6, 6.07) is 0.976. The number of carbonyl (C=O) groups excluding carboxylic acids is 1. The van der Waals surface area contributed by atoms with E-state index in [1.165, 1.54) is 0 Å². The van der Waals surface area contributed by atoms with Crippen LogP contribution in [0.25, 0.3) is 0 Å². The van der Waals surface area contributed by atoms with Gasteiger partial charge >= 0.3 is 5.97 Å². The van der Waals surface area contributed by atoms with Crippen molar-refractivity contribution in [2.24, 2.45) is 5.92 Å². The van der Waals surface area contributed by atoms with E-state index in [0.29, 0.717) is 30.8 Å².